The van der Waals surface area contributed by atoms with Gasteiger partial charge in [0.15, 0.2) is 5.82 Å². The average molecular weight is 369 g/mol. The number of carbonyl (C=O) groups excluding carboxylic acids is 1. The molecule has 0 radical (unpaired) electrons. The van der Waals surface area contributed by atoms with Crippen LogP contribution in [0.4, 0.5) is 4.39 Å². The van der Waals surface area contributed by atoms with Crippen LogP contribution in [0.25, 0.3) is 0 Å². The van der Waals surface area contributed by atoms with Crippen LogP contribution in [0.2, 0.25) is 0 Å². The molecule has 0 aliphatic carbocycles. The minimum atomic E-state index is -0.394. The summed E-state index contributed by atoms with van der Waals surface area (Å²) in [4.78, 5) is 18.3. The van der Waals surface area contributed by atoms with Gasteiger partial charge in [-0.25, -0.2) is 14.1 Å². The first-order valence-corrected chi connectivity index (χ1v) is 8.87. The normalized spacial score (nSPS) is 15.3. The Labute approximate surface area is 155 Å². The van der Waals surface area contributed by atoms with E-state index in [-0.39, 0.29) is 11.8 Å². The molecule has 1 aliphatic rings. The molecule has 2 aromatic heterocycles. The number of likely N-dealkylation sites (tertiary alicyclic amines) is 1. The summed E-state index contributed by atoms with van der Waals surface area (Å²) in [6, 6.07) is 5.84. The molecule has 3 heterocycles. The molecule has 27 heavy (non-hydrogen) atoms. The number of halogens is 1. The summed E-state index contributed by atoms with van der Waals surface area (Å²) < 4.78 is 17.1. The van der Waals surface area contributed by atoms with E-state index in [0.717, 1.165) is 24.5 Å². The molecule has 9 heteroatoms. The summed E-state index contributed by atoms with van der Waals surface area (Å²) in [5.74, 6) is 1.45. The van der Waals surface area contributed by atoms with Crippen LogP contribution in [0, 0.1) is 5.82 Å². The maximum Gasteiger partial charge on any atom is 0.253 e. The molecule has 1 aliphatic heterocycles. The molecule has 1 aromatic carbocycles. The van der Waals surface area contributed by atoms with Crippen molar-refractivity contribution in [3.8, 4) is 0 Å². The number of hydrogen-bond acceptors (Lipinski definition) is 5. The van der Waals surface area contributed by atoms with Gasteiger partial charge in [0.05, 0.1) is 0 Å². The van der Waals surface area contributed by atoms with E-state index >= 15 is 0 Å². The third kappa shape index (κ3) is 3.57. The van der Waals surface area contributed by atoms with Crippen LogP contribution in [0.3, 0.4) is 0 Å². The van der Waals surface area contributed by atoms with E-state index < -0.39 is 5.82 Å². The molecule has 0 spiro atoms. The van der Waals surface area contributed by atoms with Crippen molar-refractivity contribution in [1.82, 2.24) is 34.4 Å². The van der Waals surface area contributed by atoms with Crippen LogP contribution < -0.4 is 0 Å². The van der Waals surface area contributed by atoms with E-state index in [1.165, 1.54) is 18.5 Å². The Kier molecular flexibility index (Phi) is 4.66. The third-order valence-electron chi connectivity index (χ3n) is 4.99. The highest BCUT2D eigenvalue weighted by Gasteiger charge is 2.28. The number of amides is 1. The van der Waals surface area contributed by atoms with Crippen molar-refractivity contribution in [2.45, 2.75) is 25.3 Å². The molecular formula is C18H20FN7O. The van der Waals surface area contributed by atoms with Gasteiger partial charge in [-0.05, 0) is 31.0 Å². The molecule has 1 fully saturated rings. The highest BCUT2D eigenvalue weighted by atomic mass is 19.1. The molecule has 4 rings (SSSR count). The van der Waals surface area contributed by atoms with Gasteiger partial charge < -0.3 is 9.47 Å². The predicted octanol–water partition coefficient (Wildman–Crippen LogP) is 1.61. The van der Waals surface area contributed by atoms with Crippen LogP contribution in [-0.2, 0) is 13.6 Å². The Morgan fingerprint density at radius 1 is 1.26 bits per heavy atom. The molecule has 0 atom stereocenters. The van der Waals surface area contributed by atoms with Crippen molar-refractivity contribution in [2.75, 3.05) is 13.1 Å². The fourth-order valence-corrected chi connectivity index (χ4v) is 3.47. The van der Waals surface area contributed by atoms with E-state index in [4.69, 9.17) is 0 Å². The van der Waals surface area contributed by atoms with E-state index in [2.05, 4.69) is 20.3 Å². The largest absolute Gasteiger partial charge is 0.339 e. The third-order valence-corrected chi connectivity index (χ3v) is 4.99. The van der Waals surface area contributed by atoms with E-state index in [1.807, 2.05) is 11.6 Å². The number of nitrogens with zero attached hydrogens (tertiary/aromatic N) is 7. The Hall–Kier alpha value is -3.10. The van der Waals surface area contributed by atoms with Gasteiger partial charge >= 0.3 is 0 Å². The summed E-state index contributed by atoms with van der Waals surface area (Å²) in [5, 5.41) is 12.7. The number of benzene rings is 1. The van der Waals surface area contributed by atoms with Crippen molar-refractivity contribution in [2.24, 2.45) is 7.05 Å². The number of rotatable bonds is 4. The van der Waals surface area contributed by atoms with Crippen molar-refractivity contribution in [3.63, 3.8) is 0 Å². The van der Waals surface area contributed by atoms with Crippen LogP contribution >= 0.6 is 0 Å². The lowest BCUT2D eigenvalue weighted by Gasteiger charge is -2.31. The predicted molar refractivity (Wildman–Crippen MR) is 94.4 cm³/mol. The van der Waals surface area contributed by atoms with Gasteiger partial charge in [-0.3, -0.25) is 4.79 Å². The van der Waals surface area contributed by atoms with Gasteiger partial charge in [-0.1, -0.05) is 6.07 Å². The maximum atomic E-state index is 13.4. The van der Waals surface area contributed by atoms with Crippen molar-refractivity contribution in [1.29, 1.82) is 0 Å². The Balaban J connectivity index is 1.41. The molecule has 0 N–H and O–H groups in total. The van der Waals surface area contributed by atoms with Crippen LogP contribution in [0.15, 0.2) is 36.9 Å². The first-order valence-electron chi connectivity index (χ1n) is 8.87. The molecule has 0 unspecified atom stereocenters. The van der Waals surface area contributed by atoms with Gasteiger partial charge in [-0.2, -0.15) is 5.10 Å². The van der Waals surface area contributed by atoms with Gasteiger partial charge in [0.1, 0.15) is 30.8 Å². The second kappa shape index (κ2) is 7.26. The molecule has 0 saturated carbocycles. The van der Waals surface area contributed by atoms with Gasteiger partial charge in [0.2, 0.25) is 0 Å². The molecule has 1 saturated heterocycles. The number of piperidine rings is 1. The minimum Gasteiger partial charge on any atom is -0.339 e. The highest BCUT2D eigenvalue weighted by molar-refractivity contribution is 5.94. The molecule has 1 amide bonds. The van der Waals surface area contributed by atoms with Crippen LogP contribution in [0.5, 0.6) is 0 Å². The molecule has 8 nitrogen and oxygen atoms in total. The summed E-state index contributed by atoms with van der Waals surface area (Å²) >= 11 is 0. The zero-order valence-electron chi connectivity index (χ0n) is 15.0. The Morgan fingerprint density at radius 3 is 2.78 bits per heavy atom. The lowest BCUT2D eigenvalue weighted by atomic mass is 9.95. The first kappa shape index (κ1) is 17.3. The topological polar surface area (TPSA) is 81.7 Å². The lowest BCUT2D eigenvalue weighted by molar-refractivity contribution is 0.0710. The van der Waals surface area contributed by atoms with Gasteiger partial charge in [0, 0.05) is 31.6 Å². The first-order chi connectivity index (χ1) is 13.1. The van der Waals surface area contributed by atoms with E-state index in [1.54, 1.807) is 28.0 Å². The molecule has 0 bridgehead atoms. The Morgan fingerprint density at radius 2 is 2.07 bits per heavy atom. The zero-order chi connectivity index (χ0) is 18.8. The average Bonchev–Trinajstić information content (AvgIpc) is 3.32. The van der Waals surface area contributed by atoms with Crippen LogP contribution in [0.1, 0.15) is 40.8 Å². The molecule has 140 valence electrons. The highest BCUT2D eigenvalue weighted by Crippen LogP contribution is 2.27. The summed E-state index contributed by atoms with van der Waals surface area (Å²) in [5.41, 5.74) is 0.391. The lowest BCUT2D eigenvalue weighted by Crippen LogP contribution is -2.38. The summed E-state index contributed by atoms with van der Waals surface area (Å²) in [7, 11) is 1.95. The fourth-order valence-electron chi connectivity index (χ4n) is 3.47. The summed E-state index contributed by atoms with van der Waals surface area (Å²) in [6.45, 7) is 1.75. The smallest absolute Gasteiger partial charge is 0.253 e. The second-order valence-corrected chi connectivity index (χ2v) is 6.70. The molecular weight excluding hydrogens is 349 g/mol. The monoisotopic (exact) mass is 369 g/mol. The van der Waals surface area contributed by atoms with Gasteiger partial charge in [-0.15, -0.1) is 10.2 Å². The van der Waals surface area contributed by atoms with Crippen molar-refractivity contribution < 1.29 is 9.18 Å². The maximum absolute atomic E-state index is 13.4. The van der Waals surface area contributed by atoms with Gasteiger partial charge in [0.25, 0.3) is 5.91 Å². The SMILES string of the molecule is Cn1c(Cn2cncn2)nnc1C1CCN(C(=O)c2cccc(F)c2)CC1. The summed E-state index contributed by atoms with van der Waals surface area (Å²) in [6.07, 6.45) is 4.74. The fraction of sp³-hybridized carbons (Fsp3) is 0.389. The number of hydrogen-bond donors (Lipinski definition) is 0. The van der Waals surface area contributed by atoms with Crippen LogP contribution in [-0.4, -0.2) is 53.4 Å². The zero-order valence-corrected chi connectivity index (χ0v) is 15.0. The molecule has 3 aromatic rings. The Bertz CT molecular complexity index is 929. The second-order valence-electron chi connectivity index (χ2n) is 6.70. The minimum absolute atomic E-state index is 0.127. The quantitative estimate of drug-likeness (QED) is 0.698. The number of aromatic nitrogens is 6. The standard InChI is InChI=1S/C18H20FN7O/c1-24-16(10-26-12-20-11-21-26)22-23-17(24)13-5-7-25(8-6-13)18(27)14-3-2-4-15(19)9-14/h2-4,9,11-13H,5-8,10H2,1H3. The van der Waals surface area contributed by atoms with Crippen molar-refractivity contribution >= 4 is 5.91 Å². The van der Waals surface area contributed by atoms with E-state index in [9.17, 15) is 9.18 Å². The van der Waals surface area contributed by atoms with E-state index in [0.29, 0.717) is 25.2 Å². The van der Waals surface area contributed by atoms with Crippen molar-refractivity contribution in [3.05, 3.63) is 59.9 Å². The number of carbonyl (C=O) groups is 1.